The first-order valence-electron chi connectivity index (χ1n) is 10.6. The first-order valence-corrected chi connectivity index (χ1v) is 10.6. The molecule has 2 aromatic rings. The van der Waals surface area contributed by atoms with E-state index < -0.39 is 0 Å². The first kappa shape index (κ1) is 22.4. The second-order valence-corrected chi connectivity index (χ2v) is 7.58. The van der Waals surface area contributed by atoms with E-state index in [1.165, 1.54) is 0 Å². The smallest absolute Gasteiger partial charge is 0.253 e. The fourth-order valence-electron chi connectivity index (χ4n) is 3.68. The minimum absolute atomic E-state index is 0.0394. The summed E-state index contributed by atoms with van der Waals surface area (Å²) in [5.74, 6) is 1.13. The molecule has 6 nitrogen and oxygen atoms in total. The topological polar surface area (TPSA) is 67.9 Å². The number of piperidine rings is 1. The number of likely N-dealkylation sites (tertiary alicyclic amines) is 1. The number of carbonyl (C=O) groups is 2. The van der Waals surface area contributed by atoms with Crippen molar-refractivity contribution in [3.05, 3.63) is 72.3 Å². The molecule has 1 aliphatic rings. The van der Waals surface area contributed by atoms with Crippen molar-refractivity contribution in [2.75, 3.05) is 26.8 Å². The highest BCUT2D eigenvalue weighted by Crippen LogP contribution is 2.29. The lowest BCUT2D eigenvalue weighted by Gasteiger charge is -2.32. The summed E-state index contributed by atoms with van der Waals surface area (Å²) >= 11 is 0. The van der Waals surface area contributed by atoms with Gasteiger partial charge in [0.1, 0.15) is 6.61 Å². The first-order chi connectivity index (χ1) is 15.1. The quantitative estimate of drug-likeness (QED) is 0.627. The number of rotatable bonds is 9. The molecule has 0 aromatic heterocycles. The van der Waals surface area contributed by atoms with Gasteiger partial charge in [0.05, 0.1) is 7.11 Å². The standard InChI is InChI=1S/C25H30N2O4/c1-3-17-31-22-11-10-20(18-23(22)30-2)25(29)27-15-13-21(14-16-27)26-24(28)12-9-19-7-5-4-6-8-19/h3-8,10-11,18,21H,1,9,12-17H2,2H3,(H,26,28). The number of amides is 2. The number of hydrogen-bond donors (Lipinski definition) is 1. The van der Waals surface area contributed by atoms with Crippen molar-refractivity contribution in [2.45, 2.75) is 31.7 Å². The summed E-state index contributed by atoms with van der Waals surface area (Å²) in [4.78, 5) is 27.0. The molecule has 1 saturated heterocycles. The van der Waals surface area contributed by atoms with Gasteiger partial charge in [-0.1, -0.05) is 43.0 Å². The van der Waals surface area contributed by atoms with Crippen molar-refractivity contribution in [3.8, 4) is 11.5 Å². The van der Waals surface area contributed by atoms with Gasteiger partial charge in [-0.2, -0.15) is 0 Å². The molecule has 0 spiro atoms. The number of nitrogens with one attached hydrogen (secondary N) is 1. The number of methoxy groups -OCH3 is 1. The Balaban J connectivity index is 1.48. The van der Waals surface area contributed by atoms with E-state index in [0.717, 1.165) is 24.8 Å². The molecule has 1 aliphatic heterocycles. The molecular formula is C25H30N2O4. The normalized spacial score (nSPS) is 14.0. The molecule has 0 saturated carbocycles. The van der Waals surface area contributed by atoms with Crippen LogP contribution in [0.2, 0.25) is 0 Å². The van der Waals surface area contributed by atoms with Crippen molar-refractivity contribution >= 4 is 11.8 Å². The lowest BCUT2D eigenvalue weighted by molar-refractivity contribution is -0.122. The maximum absolute atomic E-state index is 12.9. The average Bonchev–Trinajstić information content (AvgIpc) is 2.82. The number of aryl methyl sites for hydroxylation is 1. The van der Waals surface area contributed by atoms with Gasteiger partial charge in [-0.15, -0.1) is 0 Å². The van der Waals surface area contributed by atoms with Crippen LogP contribution < -0.4 is 14.8 Å². The molecule has 0 bridgehead atoms. The molecule has 1 fully saturated rings. The SMILES string of the molecule is C=CCOc1ccc(C(=O)N2CCC(NC(=O)CCc3ccccc3)CC2)cc1OC. The van der Waals surface area contributed by atoms with Crippen LogP contribution in [-0.4, -0.2) is 49.6 Å². The summed E-state index contributed by atoms with van der Waals surface area (Å²) < 4.78 is 10.9. The lowest BCUT2D eigenvalue weighted by Crippen LogP contribution is -2.46. The van der Waals surface area contributed by atoms with E-state index in [1.54, 1.807) is 31.4 Å². The number of carbonyl (C=O) groups excluding carboxylic acids is 2. The molecule has 31 heavy (non-hydrogen) atoms. The fourth-order valence-corrected chi connectivity index (χ4v) is 3.68. The predicted molar refractivity (Wildman–Crippen MR) is 121 cm³/mol. The van der Waals surface area contributed by atoms with E-state index in [9.17, 15) is 9.59 Å². The summed E-state index contributed by atoms with van der Waals surface area (Å²) in [6.07, 6.45) is 4.37. The largest absolute Gasteiger partial charge is 0.493 e. The van der Waals surface area contributed by atoms with E-state index in [2.05, 4.69) is 11.9 Å². The van der Waals surface area contributed by atoms with Gasteiger partial charge in [-0.25, -0.2) is 0 Å². The molecule has 0 aliphatic carbocycles. The summed E-state index contributed by atoms with van der Waals surface area (Å²) in [5, 5.41) is 3.11. The van der Waals surface area contributed by atoms with Crippen LogP contribution in [0.1, 0.15) is 35.2 Å². The van der Waals surface area contributed by atoms with Crippen molar-refractivity contribution in [2.24, 2.45) is 0 Å². The van der Waals surface area contributed by atoms with Crippen molar-refractivity contribution in [1.82, 2.24) is 10.2 Å². The van der Waals surface area contributed by atoms with Gasteiger partial charge < -0.3 is 19.7 Å². The predicted octanol–water partition coefficient (Wildman–Crippen LogP) is 3.61. The highest BCUT2D eigenvalue weighted by molar-refractivity contribution is 5.95. The van der Waals surface area contributed by atoms with Crippen molar-refractivity contribution < 1.29 is 19.1 Å². The highest BCUT2D eigenvalue weighted by atomic mass is 16.5. The molecule has 1 heterocycles. The van der Waals surface area contributed by atoms with Gasteiger partial charge in [-0.3, -0.25) is 9.59 Å². The fraction of sp³-hybridized carbons (Fsp3) is 0.360. The molecule has 2 amide bonds. The van der Waals surface area contributed by atoms with Crippen LogP contribution in [0.5, 0.6) is 11.5 Å². The summed E-state index contributed by atoms with van der Waals surface area (Å²) in [6, 6.07) is 15.3. The van der Waals surface area contributed by atoms with Crippen molar-refractivity contribution in [3.63, 3.8) is 0 Å². The summed E-state index contributed by atoms with van der Waals surface area (Å²) in [6.45, 7) is 5.22. The molecule has 0 atom stereocenters. The molecule has 6 heteroatoms. The Hall–Kier alpha value is -3.28. The van der Waals surface area contributed by atoms with Crippen LogP contribution in [0.25, 0.3) is 0 Å². The Morgan fingerprint density at radius 2 is 1.87 bits per heavy atom. The lowest BCUT2D eigenvalue weighted by atomic mass is 10.0. The molecule has 3 rings (SSSR count). The maximum atomic E-state index is 12.9. The third-order valence-electron chi connectivity index (χ3n) is 5.40. The molecule has 0 radical (unpaired) electrons. The van der Waals surface area contributed by atoms with Gasteiger partial charge in [0.15, 0.2) is 11.5 Å². The Morgan fingerprint density at radius 3 is 2.55 bits per heavy atom. The Labute approximate surface area is 183 Å². The van der Waals surface area contributed by atoms with E-state index in [0.29, 0.717) is 43.2 Å². The molecule has 164 valence electrons. The van der Waals surface area contributed by atoms with E-state index in [4.69, 9.17) is 9.47 Å². The monoisotopic (exact) mass is 422 g/mol. The number of nitrogens with zero attached hydrogens (tertiary/aromatic N) is 1. The van der Waals surface area contributed by atoms with E-state index >= 15 is 0 Å². The average molecular weight is 423 g/mol. The second-order valence-electron chi connectivity index (χ2n) is 7.58. The molecule has 1 N–H and O–H groups in total. The van der Waals surface area contributed by atoms with Crippen LogP contribution >= 0.6 is 0 Å². The summed E-state index contributed by atoms with van der Waals surface area (Å²) in [5.41, 5.74) is 1.72. The zero-order valence-electron chi connectivity index (χ0n) is 18.0. The zero-order valence-corrected chi connectivity index (χ0v) is 18.0. The second kappa shape index (κ2) is 11.2. The zero-order chi connectivity index (χ0) is 22.1. The molecule has 2 aromatic carbocycles. The van der Waals surface area contributed by atoms with Crippen LogP contribution in [0, 0.1) is 0 Å². The summed E-state index contributed by atoms with van der Waals surface area (Å²) in [7, 11) is 1.55. The van der Waals surface area contributed by atoms with Crippen LogP contribution in [0.4, 0.5) is 0 Å². The minimum Gasteiger partial charge on any atom is -0.493 e. The minimum atomic E-state index is -0.0394. The third kappa shape index (κ3) is 6.35. The third-order valence-corrected chi connectivity index (χ3v) is 5.40. The van der Waals surface area contributed by atoms with Gasteiger partial charge in [0.2, 0.25) is 5.91 Å². The van der Waals surface area contributed by atoms with Gasteiger partial charge >= 0.3 is 0 Å². The molecule has 0 unspecified atom stereocenters. The van der Waals surface area contributed by atoms with Crippen LogP contribution in [-0.2, 0) is 11.2 Å². The highest BCUT2D eigenvalue weighted by Gasteiger charge is 2.25. The Morgan fingerprint density at radius 1 is 1.13 bits per heavy atom. The van der Waals surface area contributed by atoms with Crippen LogP contribution in [0.3, 0.4) is 0 Å². The number of hydrogen-bond acceptors (Lipinski definition) is 4. The van der Waals surface area contributed by atoms with Gasteiger partial charge in [0.25, 0.3) is 5.91 Å². The number of benzene rings is 2. The van der Waals surface area contributed by atoms with E-state index in [-0.39, 0.29) is 17.9 Å². The Kier molecular flexibility index (Phi) is 8.10. The number of ether oxygens (including phenoxy) is 2. The van der Waals surface area contributed by atoms with Gasteiger partial charge in [0, 0.05) is 31.1 Å². The Bertz CT molecular complexity index is 890. The molecular weight excluding hydrogens is 392 g/mol. The van der Waals surface area contributed by atoms with E-state index in [1.807, 2.05) is 35.2 Å². The van der Waals surface area contributed by atoms with Gasteiger partial charge in [-0.05, 0) is 43.0 Å². The van der Waals surface area contributed by atoms with Crippen molar-refractivity contribution in [1.29, 1.82) is 0 Å². The maximum Gasteiger partial charge on any atom is 0.253 e. The van der Waals surface area contributed by atoms with Crippen LogP contribution in [0.15, 0.2) is 61.2 Å².